The Kier molecular flexibility index (Phi) is 13.4. The molecular formula is C11H28O7P2. The third-order valence-corrected chi connectivity index (χ3v) is 7.51. The molecule has 0 aliphatic rings. The van der Waals surface area contributed by atoms with Gasteiger partial charge >= 0.3 is 15.2 Å². The van der Waals surface area contributed by atoms with Gasteiger partial charge in [0.15, 0.2) is 5.90 Å². The van der Waals surface area contributed by atoms with Gasteiger partial charge in [0.1, 0.15) is 0 Å². The zero-order chi connectivity index (χ0) is 14.8. The maximum atomic E-state index is 12.3. The van der Waals surface area contributed by atoms with Crippen LogP contribution in [0.2, 0.25) is 0 Å². The normalized spacial score (nSPS) is 17.0. The van der Waals surface area contributed by atoms with Crippen LogP contribution < -0.4 is 0 Å². The SMILES string of the molecule is CCCCOP(=O)(CP(=O)(OC)OCCCC)OC.O. The zero-order valence-corrected chi connectivity index (χ0v) is 14.6. The van der Waals surface area contributed by atoms with Crippen molar-refractivity contribution in [3.63, 3.8) is 0 Å². The topological polar surface area (TPSA) is 103 Å². The van der Waals surface area contributed by atoms with Crippen molar-refractivity contribution in [2.24, 2.45) is 0 Å². The minimum Gasteiger partial charge on any atom is -0.412 e. The van der Waals surface area contributed by atoms with Crippen molar-refractivity contribution in [3.05, 3.63) is 0 Å². The molecule has 0 radical (unpaired) electrons. The molecule has 0 aromatic heterocycles. The average Bonchev–Trinajstić information content (AvgIpc) is 2.39. The highest BCUT2D eigenvalue weighted by Gasteiger charge is 2.37. The van der Waals surface area contributed by atoms with E-state index < -0.39 is 15.2 Å². The summed E-state index contributed by atoms with van der Waals surface area (Å²) in [6.07, 6.45) is 3.36. The second kappa shape index (κ2) is 11.9. The molecule has 2 atom stereocenters. The summed E-state index contributed by atoms with van der Waals surface area (Å²) in [5.74, 6) is -0.347. The van der Waals surface area contributed by atoms with Crippen LogP contribution >= 0.6 is 15.2 Å². The Labute approximate surface area is 121 Å². The smallest absolute Gasteiger partial charge is 0.342 e. The van der Waals surface area contributed by atoms with E-state index in [-0.39, 0.29) is 11.4 Å². The van der Waals surface area contributed by atoms with Gasteiger partial charge in [-0.25, -0.2) is 0 Å². The average molecular weight is 334 g/mol. The minimum atomic E-state index is -3.43. The Morgan fingerprint density at radius 2 is 1.15 bits per heavy atom. The lowest BCUT2D eigenvalue weighted by Crippen LogP contribution is -2.04. The fraction of sp³-hybridized carbons (Fsp3) is 1.00. The second-order valence-electron chi connectivity index (χ2n) is 4.10. The van der Waals surface area contributed by atoms with E-state index in [0.29, 0.717) is 13.2 Å². The lowest BCUT2D eigenvalue weighted by atomic mass is 10.4. The molecule has 2 N–H and O–H groups in total. The third kappa shape index (κ3) is 9.24. The molecule has 0 aliphatic heterocycles. The summed E-state index contributed by atoms with van der Waals surface area (Å²) in [5.41, 5.74) is 0. The van der Waals surface area contributed by atoms with E-state index in [1.165, 1.54) is 14.2 Å². The molecule has 0 heterocycles. The molecule has 0 aliphatic carbocycles. The van der Waals surface area contributed by atoms with Crippen LogP contribution in [-0.4, -0.2) is 38.8 Å². The quantitative estimate of drug-likeness (QED) is 0.400. The van der Waals surface area contributed by atoms with E-state index in [0.717, 1.165) is 25.7 Å². The van der Waals surface area contributed by atoms with Gasteiger partial charge in [-0.15, -0.1) is 0 Å². The fourth-order valence-corrected chi connectivity index (χ4v) is 5.51. The van der Waals surface area contributed by atoms with Gasteiger partial charge in [-0.05, 0) is 12.8 Å². The Bertz CT molecular complexity index is 292. The number of hydrogen-bond acceptors (Lipinski definition) is 6. The van der Waals surface area contributed by atoms with Crippen LogP contribution in [0.5, 0.6) is 0 Å². The first kappa shape index (κ1) is 22.5. The maximum Gasteiger partial charge on any atom is 0.342 e. The first-order chi connectivity index (χ1) is 8.95. The molecule has 0 amide bonds. The van der Waals surface area contributed by atoms with Gasteiger partial charge in [0, 0.05) is 14.2 Å². The lowest BCUT2D eigenvalue weighted by Gasteiger charge is -2.21. The highest BCUT2D eigenvalue weighted by Crippen LogP contribution is 2.63. The summed E-state index contributed by atoms with van der Waals surface area (Å²) in [6.45, 7) is 4.60. The van der Waals surface area contributed by atoms with Gasteiger partial charge in [0.05, 0.1) is 13.2 Å². The molecular weight excluding hydrogens is 306 g/mol. The molecule has 20 heavy (non-hydrogen) atoms. The molecule has 0 rings (SSSR count). The summed E-state index contributed by atoms with van der Waals surface area (Å²) in [5, 5.41) is 0. The van der Waals surface area contributed by atoms with Gasteiger partial charge in [-0.3, -0.25) is 9.13 Å². The highest BCUT2D eigenvalue weighted by atomic mass is 31.2. The van der Waals surface area contributed by atoms with Gasteiger partial charge in [0.25, 0.3) is 0 Å². The summed E-state index contributed by atoms with van der Waals surface area (Å²) in [4.78, 5) is 0. The first-order valence-electron chi connectivity index (χ1n) is 6.54. The molecule has 7 nitrogen and oxygen atoms in total. The van der Waals surface area contributed by atoms with Crippen molar-refractivity contribution in [2.45, 2.75) is 39.5 Å². The van der Waals surface area contributed by atoms with Crippen LogP contribution in [0.25, 0.3) is 0 Å². The molecule has 0 saturated carbocycles. The summed E-state index contributed by atoms with van der Waals surface area (Å²) in [6, 6.07) is 0. The molecule has 0 aromatic rings. The summed E-state index contributed by atoms with van der Waals surface area (Å²) < 4.78 is 44.8. The van der Waals surface area contributed by atoms with Crippen molar-refractivity contribution in [1.82, 2.24) is 0 Å². The van der Waals surface area contributed by atoms with Gasteiger partial charge < -0.3 is 23.6 Å². The van der Waals surface area contributed by atoms with Crippen molar-refractivity contribution in [2.75, 3.05) is 33.3 Å². The van der Waals surface area contributed by atoms with Crippen LogP contribution in [0.15, 0.2) is 0 Å². The van der Waals surface area contributed by atoms with E-state index in [4.69, 9.17) is 18.1 Å². The van der Waals surface area contributed by atoms with Crippen LogP contribution in [-0.2, 0) is 27.2 Å². The Balaban J connectivity index is 0. The molecule has 124 valence electrons. The third-order valence-electron chi connectivity index (χ3n) is 2.47. The van der Waals surface area contributed by atoms with E-state index in [1.807, 2.05) is 13.8 Å². The Hall–Kier alpha value is 0.260. The van der Waals surface area contributed by atoms with Crippen LogP contribution in [0.1, 0.15) is 39.5 Å². The van der Waals surface area contributed by atoms with Crippen LogP contribution in [0.3, 0.4) is 0 Å². The number of unbranched alkanes of at least 4 members (excludes halogenated alkanes) is 2. The molecule has 0 bridgehead atoms. The molecule has 0 aromatic carbocycles. The van der Waals surface area contributed by atoms with Crippen LogP contribution in [0, 0.1) is 0 Å². The van der Waals surface area contributed by atoms with Gasteiger partial charge in [0.2, 0.25) is 0 Å². The predicted octanol–water partition coefficient (Wildman–Crippen LogP) is 3.43. The highest BCUT2D eigenvalue weighted by molar-refractivity contribution is 7.71. The van der Waals surface area contributed by atoms with Crippen molar-refractivity contribution in [3.8, 4) is 0 Å². The largest absolute Gasteiger partial charge is 0.412 e. The lowest BCUT2D eigenvalue weighted by molar-refractivity contribution is 0.217. The maximum absolute atomic E-state index is 12.3. The van der Waals surface area contributed by atoms with E-state index in [2.05, 4.69) is 0 Å². The van der Waals surface area contributed by atoms with E-state index >= 15 is 0 Å². The van der Waals surface area contributed by atoms with Gasteiger partial charge in [-0.2, -0.15) is 0 Å². The van der Waals surface area contributed by atoms with Crippen LogP contribution in [0.4, 0.5) is 0 Å². The Morgan fingerprint density at radius 1 is 0.800 bits per heavy atom. The first-order valence-corrected chi connectivity index (χ1v) is 9.99. The van der Waals surface area contributed by atoms with Crippen molar-refractivity contribution >= 4 is 15.2 Å². The number of rotatable bonds is 12. The Morgan fingerprint density at radius 3 is 1.40 bits per heavy atom. The van der Waals surface area contributed by atoms with Gasteiger partial charge in [-0.1, -0.05) is 26.7 Å². The molecule has 9 heteroatoms. The molecule has 2 unspecified atom stereocenters. The van der Waals surface area contributed by atoms with E-state index in [9.17, 15) is 9.13 Å². The standard InChI is InChI=1S/C11H26O6P2.H2O/c1-5-7-9-16-18(12,14-3)11-19(13,15-4)17-10-8-6-2;/h5-11H2,1-4H3;1H2. The predicted molar refractivity (Wildman–Crippen MR) is 79.4 cm³/mol. The molecule has 0 spiro atoms. The summed E-state index contributed by atoms with van der Waals surface area (Å²) in [7, 11) is -4.31. The van der Waals surface area contributed by atoms with E-state index in [1.54, 1.807) is 0 Å². The van der Waals surface area contributed by atoms with Crippen molar-refractivity contribution in [1.29, 1.82) is 0 Å². The monoisotopic (exact) mass is 334 g/mol. The molecule has 0 saturated heterocycles. The zero-order valence-electron chi connectivity index (χ0n) is 12.8. The summed E-state index contributed by atoms with van der Waals surface area (Å²) >= 11 is 0. The second-order valence-corrected chi connectivity index (χ2v) is 8.92. The minimum absolute atomic E-state index is 0. The molecule has 0 fully saturated rings. The number of hydrogen-bond donors (Lipinski definition) is 0. The fourth-order valence-electron chi connectivity index (χ4n) is 1.21. The van der Waals surface area contributed by atoms with Crippen molar-refractivity contribution < 1.29 is 32.7 Å².